The molecule has 156 valence electrons. The molecule has 3 rings (SSSR count). The predicted molar refractivity (Wildman–Crippen MR) is 97.1 cm³/mol. The summed E-state index contributed by atoms with van der Waals surface area (Å²) in [5, 5.41) is 9.13. The summed E-state index contributed by atoms with van der Waals surface area (Å²) in [6.07, 6.45) is -1.38. The molecular weight excluding hydrogens is 378 g/mol. The number of nitrogens with zero attached hydrogens (tertiary/aromatic N) is 4. The summed E-state index contributed by atoms with van der Waals surface area (Å²) in [6, 6.07) is -0.194. The maximum absolute atomic E-state index is 14.7. The molecule has 1 unspecified atom stereocenters. The minimum absolute atomic E-state index is 0.259. The Morgan fingerprint density at radius 1 is 1.39 bits per heavy atom. The van der Waals surface area contributed by atoms with Crippen LogP contribution in [0, 0.1) is 0 Å². The van der Waals surface area contributed by atoms with Crippen molar-refractivity contribution < 1.29 is 17.6 Å². The lowest BCUT2D eigenvalue weighted by Gasteiger charge is -2.37. The van der Waals surface area contributed by atoms with E-state index in [1.54, 1.807) is 6.20 Å². The summed E-state index contributed by atoms with van der Waals surface area (Å²) in [5.74, 6) is -2.01. The largest absolute Gasteiger partial charge is 0.421 e. The van der Waals surface area contributed by atoms with Gasteiger partial charge in [-0.15, -0.1) is 0 Å². The van der Waals surface area contributed by atoms with E-state index in [0.29, 0.717) is 18.5 Å². The average molecular weight is 403 g/mol. The molecule has 0 aromatic carbocycles. The quantitative estimate of drug-likeness (QED) is 0.668. The van der Waals surface area contributed by atoms with E-state index in [1.807, 2.05) is 13.8 Å². The third kappa shape index (κ3) is 3.86. The topological polar surface area (TPSA) is 83.5 Å². The van der Waals surface area contributed by atoms with Gasteiger partial charge in [0.05, 0.1) is 17.8 Å². The minimum Gasteiger partial charge on any atom is -0.373 e. The van der Waals surface area contributed by atoms with Crippen molar-refractivity contribution in [2.24, 2.45) is 10.7 Å². The number of hydrogen-bond donors (Lipinski definition) is 3. The third-order valence-electron chi connectivity index (χ3n) is 5.17. The summed E-state index contributed by atoms with van der Waals surface area (Å²) in [7, 11) is 1.34. The highest BCUT2D eigenvalue weighted by Gasteiger charge is 2.42. The van der Waals surface area contributed by atoms with Crippen molar-refractivity contribution in [3.05, 3.63) is 29.7 Å². The fourth-order valence-corrected chi connectivity index (χ4v) is 3.47. The first-order valence-electron chi connectivity index (χ1n) is 9.10. The zero-order chi connectivity index (χ0) is 20.7. The van der Waals surface area contributed by atoms with Gasteiger partial charge in [0, 0.05) is 38.6 Å². The van der Waals surface area contributed by atoms with Crippen LogP contribution in [-0.4, -0.2) is 59.0 Å². The number of amidine groups is 1. The number of nitrogens with one attached hydrogen (secondary N) is 2. The number of aromatic nitrogens is 2. The van der Waals surface area contributed by atoms with Gasteiger partial charge in [-0.05, 0) is 20.3 Å². The molecule has 1 aromatic heterocycles. The van der Waals surface area contributed by atoms with Crippen molar-refractivity contribution in [1.29, 1.82) is 0 Å². The summed E-state index contributed by atoms with van der Waals surface area (Å²) >= 11 is 0. The van der Waals surface area contributed by atoms with E-state index >= 15 is 0 Å². The Balaban J connectivity index is 1.81. The van der Waals surface area contributed by atoms with Crippen LogP contribution in [0.25, 0.3) is 0 Å². The molecule has 0 spiro atoms. The summed E-state index contributed by atoms with van der Waals surface area (Å²) in [6.45, 7) is 5.09. The first kappa shape index (κ1) is 20.6. The molecule has 3 heterocycles. The number of hydrogen-bond acceptors (Lipinski definition) is 6. The van der Waals surface area contributed by atoms with E-state index in [9.17, 15) is 17.6 Å². The molecule has 28 heavy (non-hydrogen) atoms. The van der Waals surface area contributed by atoms with Crippen LogP contribution >= 0.6 is 0 Å². The highest BCUT2D eigenvalue weighted by atomic mass is 19.4. The molecule has 7 nitrogen and oxygen atoms in total. The molecule has 0 saturated carbocycles. The monoisotopic (exact) mass is 403 g/mol. The van der Waals surface area contributed by atoms with Gasteiger partial charge in [-0.1, -0.05) is 0 Å². The number of piperidine rings is 1. The van der Waals surface area contributed by atoms with Gasteiger partial charge in [0.2, 0.25) is 5.79 Å². The zero-order valence-electron chi connectivity index (χ0n) is 16.0. The van der Waals surface area contributed by atoms with Crippen LogP contribution in [0.15, 0.2) is 29.2 Å². The Bertz CT molecular complexity index is 770. The molecule has 2 aliphatic heterocycles. The Morgan fingerprint density at radius 3 is 2.68 bits per heavy atom. The minimum atomic E-state index is -4.58. The molecule has 0 aliphatic carbocycles. The van der Waals surface area contributed by atoms with Crippen molar-refractivity contribution in [3.63, 3.8) is 0 Å². The van der Waals surface area contributed by atoms with Gasteiger partial charge >= 0.3 is 6.18 Å². The number of likely N-dealkylation sites (tertiary alicyclic amines) is 1. The Morgan fingerprint density at radius 2 is 2.11 bits per heavy atom. The summed E-state index contributed by atoms with van der Waals surface area (Å²) < 4.78 is 55.4. The van der Waals surface area contributed by atoms with Gasteiger partial charge in [0.25, 0.3) is 0 Å². The first-order chi connectivity index (χ1) is 13.0. The van der Waals surface area contributed by atoms with Crippen LogP contribution in [0.4, 0.5) is 17.6 Å². The second kappa shape index (κ2) is 7.36. The van der Waals surface area contributed by atoms with Gasteiger partial charge in [-0.3, -0.25) is 15.3 Å². The lowest BCUT2D eigenvalue weighted by Crippen LogP contribution is -2.52. The molecule has 2 aliphatic rings. The van der Waals surface area contributed by atoms with E-state index in [-0.39, 0.29) is 11.9 Å². The number of halogens is 4. The van der Waals surface area contributed by atoms with E-state index < -0.39 is 29.7 Å². The van der Waals surface area contributed by atoms with E-state index in [1.165, 1.54) is 17.9 Å². The van der Waals surface area contributed by atoms with Crippen molar-refractivity contribution in [2.75, 3.05) is 20.1 Å². The molecule has 0 bridgehead atoms. The van der Waals surface area contributed by atoms with Gasteiger partial charge in [0.15, 0.2) is 0 Å². The van der Waals surface area contributed by atoms with Gasteiger partial charge < -0.3 is 10.6 Å². The van der Waals surface area contributed by atoms with Gasteiger partial charge in [0.1, 0.15) is 17.6 Å². The molecule has 1 fully saturated rings. The standard InChI is InChI=1S/C17H25F4N7/c1-10(2)27-5-4-14(13(18)9-27)28-8-11(6-25-28)17(22)24-7-12(16(19,20)21)15(23-3)26-17/h6-8,10,13-14,24H,4-5,9,22H2,1-3H3,(H,23,26)/t13-,14-,17?/m1/s1. The van der Waals surface area contributed by atoms with E-state index in [2.05, 4.69) is 25.6 Å². The Labute approximate surface area is 160 Å². The molecule has 1 saturated heterocycles. The van der Waals surface area contributed by atoms with Crippen molar-refractivity contribution in [3.8, 4) is 0 Å². The van der Waals surface area contributed by atoms with Crippen molar-refractivity contribution in [2.45, 2.75) is 50.5 Å². The van der Waals surface area contributed by atoms with Crippen LogP contribution in [0.2, 0.25) is 0 Å². The van der Waals surface area contributed by atoms with Crippen LogP contribution in [0.1, 0.15) is 31.9 Å². The molecular formula is C17H25F4N7. The number of aliphatic imine (C=N–C) groups is 1. The second-order valence-corrected chi connectivity index (χ2v) is 7.35. The average Bonchev–Trinajstić information content (AvgIpc) is 3.11. The maximum atomic E-state index is 14.7. The number of likely N-dealkylation sites (N-methyl/N-ethyl adjacent to an activating group) is 1. The molecule has 11 heteroatoms. The lowest BCUT2D eigenvalue weighted by atomic mass is 10.0. The fourth-order valence-electron chi connectivity index (χ4n) is 3.47. The molecule has 0 radical (unpaired) electrons. The van der Waals surface area contributed by atoms with E-state index in [0.717, 1.165) is 12.7 Å². The Hall–Kier alpha value is -2.14. The van der Waals surface area contributed by atoms with Crippen LogP contribution < -0.4 is 16.4 Å². The number of alkyl halides is 4. The van der Waals surface area contributed by atoms with Crippen molar-refractivity contribution in [1.82, 2.24) is 25.3 Å². The van der Waals surface area contributed by atoms with Crippen LogP contribution in [0.3, 0.4) is 0 Å². The lowest BCUT2D eigenvalue weighted by molar-refractivity contribution is -0.0872. The molecule has 0 amide bonds. The first-order valence-corrected chi connectivity index (χ1v) is 9.10. The number of nitrogens with two attached hydrogens (primary N) is 1. The van der Waals surface area contributed by atoms with Gasteiger partial charge in [-0.2, -0.15) is 18.3 Å². The highest BCUT2D eigenvalue weighted by Crippen LogP contribution is 2.32. The smallest absolute Gasteiger partial charge is 0.373 e. The van der Waals surface area contributed by atoms with E-state index in [4.69, 9.17) is 5.73 Å². The molecule has 3 atom stereocenters. The molecule has 1 aromatic rings. The highest BCUT2D eigenvalue weighted by molar-refractivity contribution is 6.00. The fraction of sp³-hybridized carbons (Fsp3) is 0.647. The summed E-state index contributed by atoms with van der Waals surface area (Å²) in [4.78, 5) is 6.05. The summed E-state index contributed by atoms with van der Waals surface area (Å²) in [5.41, 5.74) is 5.58. The zero-order valence-corrected chi connectivity index (χ0v) is 16.0. The molecule has 4 N–H and O–H groups in total. The SMILES string of the molecule is CNC1=NC(N)(c2cnn([C@@H]3CCN(C(C)C)C[C@H]3F)c2)NC=C1C(F)(F)F. The second-order valence-electron chi connectivity index (χ2n) is 7.35. The maximum Gasteiger partial charge on any atom is 0.421 e. The Kier molecular flexibility index (Phi) is 5.41. The third-order valence-corrected chi connectivity index (χ3v) is 5.17. The predicted octanol–water partition coefficient (Wildman–Crippen LogP) is 1.61. The van der Waals surface area contributed by atoms with Gasteiger partial charge in [-0.25, -0.2) is 9.38 Å². The van der Waals surface area contributed by atoms with Crippen LogP contribution in [0.5, 0.6) is 0 Å². The normalized spacial score (nSPS) is 29.3. The van der Waals surface area contributed by atoms with Crippen LogP contribution in [-0.2, 0) is 5.79 Å². The number of rotatable bonds is 3. The van der Waals surface area contributed by atoms with Crippen molar-refractivity contribution >= 4 is 5.84 Å².